The van der Waals surface area contributed by atoms with Gasteiger partial charge in [-0.15, -0.1) is 0 Å². The summed E-state index contributed by atoms with van der Waals surface area (Å²) in [6.45, 7) is 4.60. The minimum Gasteiger partial charge on any atom is -0.450 e. The molecule has 166 valence electrons. The number of benzene rings is 2. The van der Waals surface area contributed by atoms with Gasteiger partial charge in [0.05, 0.1) is 30.2 Å². The van der Waals surface area contributed by atoms with Crippen LogP contribution in [0.1, 0.15) is 34.1 Å². The van der Waals surface area contributed by atoms with Crippen LogP contribution in [-0.4, -0.2) is 55.1 Å². The zero-order chi connectivity index (χ0) is 22.2. The first-order chi connectivity index (χ1) is 15.5. The van der Waals surface area contributed by atoms with Crippen LogP contribution in [0.3, 0.4) is 0 Å². The Labute approximate surface area is 195 Å². The Balaban J connectivity index is 1.53. The number of carbonyl (C=O) groups excluding carboxylic acids is 1. The van der Waals surface area contributed by atoms with E-state index in [-0.39, 0.29) is 17.1 Å². The first kappa shape index (κ1) is 21.5. The number of halogens is 2. The molecule has 1 atom stereocenters. The van der Waals surface area contributed by atoms with Crippen molar-refractivity contribution in [3.8, 4) is 0 Å². The van der Waals surface area contributed by atoms with Crippen molar-refractivity contribution in [1.29, 1.82) is 0 Å². The summed E-state index contributed by atoms with van der Waals surface area (Å²) >= 11 is 12.2. The van der Waals surface area contributed by atoms with Crippen molar-refractivity contribution in [3.63, 3.8) is 0 Å². The highest BCUT2D eigenvalue weighted by atomic mass is 35.5. The first-order valence-electron chi connectivity index (χ1n) is 10.7. The van der Waals surface area contributed by atoms with E-state index < -0.39 is 6.04 Å². The lowest BCUT2D eigenvalue weighted by Gasteiger charge is -2.29. The van der Waals surface area contributed by atoms with Gasteiger partial charge in [0.2, 0.25) is 5.76 Å². The third kappa shape index (κ3) is 3.92. The van der Waals surface area contributed by atoms with Crippen LogP contribution in [0.2, 0.25) is 10.0 Å². The lowest BCUT2D eigenvalue weighted by atomic mass is 9.98. The average molecular weight is 473 g/mol. The second-order valence-electron chi connectivity index (χ2n) is 8.07. The van der Waals surface area contributed by atoms with Gasteiger partial charge in [0.25, 0.3) is 5.91 Å². The molecule has 2 aliphatic rings. The van der Waals surface area contributed by atoms with Crippen LogP contribution >= 0.6 is 23.2 Å². The van der Waals surface area contributed by atoms with Crippen molar-refractivity contribution >= 4 is 40.1 Å². The number of carbonyl (C=O) groups is 1. The van der Waals surface area contributed by atoms with E-state index in [1.807, 2.05) is 12.1 Å². The predicted octanol–water partition coefficient (Wildman–Crippen LogP) is 4.37. The summed E-state index contributed by atoms with van der Waals surface area (Å²) in [6, 6.07) is 11.6. The van der Waals surface area contributed by atoms with Gasteiger partial charge < -0.3 is 14.1 Å². The number of rotatable bonds is 5. The summed E-state index contributed by atoms with van der Waals surface area (Å²) in [7, 11) is 0. The number of ether oxygens (including phenoxy) is 1. The van der Waals surface area contributed by atoms with Gasteiger partial charge >= 0.3 is 0 Å². The molecule has 32 heavy (non-hydrogen) atoms. The minimum absolute atomic E-state index is 0.108. The summed E-state index contributed by atoms with van der Waals surface area (Å²) in [5.41, 5.74) is 1.31. The molecule has 1 saturated heterocycles. The van der Waals surface area contributed by atoms with Crippen molar-refractivity contribution in [3.05, 3.63) is 79.6 Å². The van der Waals surface area contributed by atoms with Crippen LogP contribution in [0.15, 0.2) is 51.7 Å². The van der Waals surface area contributed by atoms with Crippen LogP contribution in [0.25, 0.3) is 11.0 Å². The Morgan fingerprint density at radius 1 is 0.938 bits per heavy atom. The average Bonchev–Trinajstić information content (AvgIpc) is 3.08. The molecule has 0 bridgehead atoms. The lowest BCUT2D eigenvalue weighted by molar-refractivity contribution is 0.0353. The second kappa shape index (κ2) is 8.87. The van der Waals surface area contributed by atoms with E-state index in [2.05, 4.69) is 4.90 Å². The highest BCUT2D eigenvalue weighted by Crippen LogP contribution is 2.38. The zero-order valence-corrected chi connectivity index (χ0v) is 18.9. The van der Waals surface area contributed by atoms with E-state index in [0.29, 0.717) is 33.1 Å². The standard InChI is InChI=1S/C24H22Cl2N2O4/c25-16-4-2-15(3-5-16)21-20-22(29)18-14-17(26)6-7-19(18)32-23(20)24(30)28(21)9-1-8-27-10-12-31-13-11-27/h2-7,14,21H,1,8-13H2. The van der Waals surface area contributed by atoms with Crippen molar-refractivity contribution in [2.45, 2.75) is 12.5 Å². The topological polar surface area (TPSA) is 63.0 Å². The maximum absolute atomic E-state index is 13.5. The Morgan fingerprint density at radius 2 is 1.66 bits per heavy atom. The molecule has 0 radical (unpaired) electrons. The smallest absolute Gasteiger partial charge is 0.290 e. The molecule has 0 aliphatic carbocycles. The predicted molar refractivity (Wildman–Crippen MR) is 124 cm³/mol. The molecule has 1 unspecified atom stereocenters. The SMILES string of the molecule is O=C1c2oc3ccc(Cl)cc3c(=O)c2C(c2ccc(Cl)cc2)N1CCCN1CCOCC1. The van der Waals surface area contributed by atoms with Gasteiger partial charge in [-0.3, -0.25) is 14.5 Å². The molecule has 0 N–H and O–H groups in total. The fourth-order valence-corrected chi connectivity index (χ4v) is 4.80. The molecule has 1 fully saturated rings. The fraction of sp³-hybridized carbons (Fsp3) is 0.333. The zero-order valence-electron chi connectivity index (χ0n) is 17.4. The third-order valence-corrected chi connectivity index (χ3v) is 6.58. The van der Waals surface area contributed by atoms with Crippen LogP contribution in [0.5, 0.6) is 0 Å². The maximum atomic E-state index is 13.5. The molecule has 1 aromatic heterocycles. The van der Waals surface area contributed by atoms with Crippen molar-refractivity contribution in [2.24, 2.45) is 0 Å². The largest absolute Gasteiger partial charge is 0.450 e. The Kier molecular flexibility index (Phi) is 5.95. The van der Waals surface area contributed by atoms with Gasteiger partial charge in [-0.1, -0.05) is 35.3 Å². The van der Waals surface area contributed by atoms with Gasteiger partial charge in [-0.2, -0.15) is 0 Å². The van der Waals surface area contributed by atoms with Gasteiger partial charge in [0, 0.05) is 36.2 Å². The third-order valence-electron chi connectivity index (χ3n) is 6.09. The van der Waals surface area contributed by atoms with E-state index in [0.717, 1.165) is 44.8 Å². The van der Waals surface area contributed by atoms with E-state index >= 15 is 0 Å². The highest BCUT2D eigenvalue weighted by molar-refractivity contribution is 6.31. The molecule has 2 aromatic carbocycles. The molecule has 6 nitrogen and oxygen atoms in total. The minimum atomic E-state index is -0.529. The monoisotopic (exact) mass is 472 g/mol. The summed E-state index contributed by atoms with van der Waals surface area (Å²) in [5, 5.41) is 1.41. The van der Waals surface area contributed by atoms with Crippen molar-refractivity contribution < 1.29 is 13.9 Å². The normalized spacial score (nSPS) is 19.0. The molecule has 5 rings (SSSR count). The van der Waals surface area contributed by atoms with Crippen LogP contribution in [0.4, 0.5) is 0 Å². The number of hydrogen-bond acceptors (Lipinski definition) is 5. The lowest BCUT2D eigenvalue weighted by Crippen LogP contribution is -2.38. The summed E-state index contributed by atoms with van der Waals surface area (Å²) in [4.78, 5) is 31.0. The number of morpholine rings is 1. The molecular formula is C24H22Cl2N2O4. The molecule has 1 amide bonds. The fourth-order valence-electron chi connectivity index (χ4n) is 4.50. The molecule has 3 aromatic rings. The number of hydrogen-bond donors (Lipinski definition) is 0. The van der Waals surface area contributed by atoms with Gasteiger partial charge in [-0.25, -0.2) is 0 Å². The van der Waals surface area contributed by atoms with E-state index in [1.165, 1.54) is 0 Å². The van der Waals surface area contributed by atoms with E-state index in [9.17, 15) is 9.59 Å². The van der Waals surface area contributed by atoms with Crippen LogP contribution in [0, 0.1) is 0 Å². The van der Waals surface area contributed by atoms with Gasteiger partial charge in [0.15, 0.2) is 5.43 Å². The number of amides is 1. The second-order valence-corrected chi connectivity index (χ2v) is 8.95. The molecule has 0 spiro atoms. The summed E-state index contributed by atoms with van der Waals surface area (Å²) < 4.78 is 11.4. The Morgan fingerprint density at radius 3 is 2.41 bits per heavy atom. The van der Waals surface area contributed by atoms with Crippen LogP contribution < -0.4 is 5.43 Å². The summed E-state index contributed by atoms with van der Waals surface area (Å²) in [6.07, 6.45) is 0.781. The van der Waals surface area contributed by atoms with Crippen molar-refractivity contribution in [1.82, 2.24) is 9.80 Å². The summed E-state index contributed by atoms with van der Waals surface area (Å²) in [5.74, 6) is -0.160. The number of nitrogens with zero attached hydrogens (tertiary/aromatic N) is 2. The van der Waals surface area contributed by atoms with E-state index in [4.69, 9.17) is 32.4 Å². The number of fused-ring (bicyclic) bond motifs is 2. The molecule has 8 heteroatoms. The molecule has 2 aliphatic heterocycles. The van der Waals surface area contributed by atoms with Gasteiger partial charge in [0.1, 0.15) is 5.58 Å². The molecular weight excluding hydrogens is 451 g/mol. The maximum Gasteiger partial charge on any atom is 0.290 e. The molecule has 0 saturated carbocycles. The van der Waals surface area contributed by atoms with Gasteiger partial charge in [-0.05, 0) is 42.3 Å². The quantitative estimate of drug-likeness (QED) is 0.551. The van der Waals surface area contributed by atoms with Crippen molar-refractivity contribution in [2.75, 3.05) is 39.4 Å². The van der Waals surface area contributed by atoms with E-state index in [1.54, 1.807) is 35.2 Å². The first-order valence-corrected chi connectivity index (χ1v) is 11.4. The molecule has 3 heterocycles. The highest BCUT2D eigenvalue weighted by Gasteiger charge is 2.42. The Bertz CT molecular complexity index is 1220. The van der Waals surface area contributed by atoms with Crippen LogP contribution in [-0.2, 0) is 4.74 Å². The Hall–Kier alpha value is -2.38.